The van der Waals surface area contributed by atoms with E-state index in [0.29, 0.717) is 26.5 Å². The highest BCUT2D eigenvalue weighted by atomic mass is 35.5. The van der Waals surface area contributed by atoms with Crippen LogP contribution in [0.2, 0.25) is 15.1 Å². The molecule has 0 bridgehead atoms. The van der Waals surface area contributed by atoms with Gasteiger partial charge in [-0.2, -0.15) is 5.10 Å². The Morgan fingerprint density at radius 3 is 2.24 bits per heavy atom. The molecule has 9 heteroatoms. The molecule has 1 fully saturated rings. The quantitative estimate of drug-likeness (QED) is 0.457. The molecule has 0 saturated carbocycles. The zero-order chi connectivity index (χ0) is 22.7. The van der Waals surface area contributed by atoms with Crippen molar-refractivity contribution in [2.24, 2.45) is 11.0 Å². The van der Waals surface area contributed by atoms with Gasteiger partial charge in [-0.25, -0.2) is 5.01 Å². The van der Waals surface area contributed by atoms with E-state index in [2.05, 4.69) is 12.3 Å². The number of anilines is 1. The van der Waals surface area contributed by atoms with Crippen LogP contribution in [0.3, 0.4) is 0 Å². The molecule has 1 saturated heterocycles. The lowest BCUT2D eigenvalue weighted by molar-refractivity contribution is -0.119. The highest BCUT2D eigenvalue weighted by Crippen LogP contribution is 2.43. The van der Waals surface area contributed by atoms with Crippen molar-refractivity contribution < 1.29 is 4.79 Å². The third-order valence-electron chi connectivity index (χ3n) is 6.12. The number of carbonyl (C=O) groups is 1. The fourth-order valence-electron chi connectivity index (χ4n) is 4.49. The summed E-state index contributed by atoms with van der Waals surface area (Å²) in [5, 5.41) is 10.4. The molecule has 0 spiro atoms. The summed E-state index contributed by atoms with van der Waals surface area (Å²) in [7, 11) is 0. The Hall–Kier alpha value is -1.50. The number of hydrogen-bond donors (Lipinski definition) is 1. The van der Waals surface area contributed by atoms with E-state index in [-0.39, 0.29) is 30.3 Å². The first kappa shape index (κ1) is 26.1. The molecule has 2 heterocycles. The molecule has 2 aromatic carbocycles. The van der Waals surface area contributed by atoms with Gasteiger partial charge >= 0.3 is 0 Å². The van der Waals surface area contributed by atoms with Gasteiger partial charge in [0.05, 0.1) is 16.8 Å². The molecular formula is C24H28Cl4N4O. The predicted octanol–water partition coefficient (Wildman–Crippen LogP) is 6.92. The summed E-state index contributed by atoms with van der Waals surface area (Å²) in [5.74, 6) is -0.250. The number of hydrazine groups is 1. The van der Waals surface area contributed by atoms with E-state index in [0.717, 1.165) is 37.9 Å². The maximum absolute atomic E-state index is 13.4. The molecule has 2 aliphatic heterocycles. The highest BCUT2D eigenvalue weighted by Gasteiger charge is 2.42. The Morgan fingerprint density at radius 1 is 1.00 bits per heavy atom. The fraction of sp³-hybridized carbons (Fsp3) is 0.417. The standard InChI is InChI=1S/C24H27Cl3N4O.ClH/c1-2-19-22(24(32)29-30-13-5-3-4-6-14-30)28-31(21-12-11-18(26)15-20(21)27)23(19)16-7-9-17(25)10-8-16;/h7-12,15,19,23H,2-6,13-14H2,1H3,(H,29,32);1H/t19-,23+;/m0./s1. The molecule has 0 aliphatic carbocycles. The molecule has 0 unspecified atom stereocenters. The average molecular weight is 530 g/mol. The average Bonchev–Trinajstić information content (AvgIpc) is 2.96. The lowest BCUT2D eigenvalue weighted by atomic mass is 9.87. The molecule has 1 amide bonds. The van der Waals surface area contributed by atoms with Crippen molar-refractivity contribution in [1.29, 1.82) is 0 Å². The van der Waals surface area contributed by atoms with Crippen molar-refractivity contribution in [3.63, 3.8) is 0 Å². The van der Waals surface area contributed by atoms with Gasteiger partial charge in [-0.15, -0.1) is 12.4 Å². The Labute approximate surface area is 216 Å². The number of nitrogens with zero attached hydrogens (tertiary/aromatic N) is 3. The van der Waals surface area contributed by atoms with Crippen LogP contribution in [-0.2, 0) is 4.79 Å². The summed E-state index contributed by atoms with van der Waals surface area (Å²) >= 11 is 18.8. The topological polar surface area (TPSA) is 47.9 Å². The minimum Gasteiger partial charge on any atom is -0.284 e. The van der Waals surface area contributed by atoms with Gasteiger partial charge in [-0.1, -0.05) is 66.7 Å². The fourth-order valence-corrected chi connectivity index (χ4v) is 5.11. The lowest BCUT2D eigenvalue weighted by Crippen LogP contribution is -2.47. The van der Waals surface area contributed by atoms with Crippen molar-refractivity contribution in [3.05, 3.63) is 63.1 Å². The van der Waals surface area contributed by atoms with Crippen LogP contribution in [0.25, 0.3) is 0 Å². The molecular weight excluding hydrogens is 502 g/mol. The molecule has 0 aromatic heterocycles. The van der Waals surface area contributed by atoms with Crippen molar-refractivity contribution in [2.45, 2.75) is 45.1 Å². The number of hydrazone groups is 1. The van der Waals surface area contributed by atoms with Gasteiger partial charge in [0.1, 0.15) is 5.71 Å². The summed E-state index contributed by atoms with van der Waals surface area (Å²) < 4.78 is 0. The number of nitrogens with one attached hydrogen (secondary N) is 1. The molecule has 4 rings (SSSR count). The number of amides is 1. The van der Waals surface area contributed by atoms with Crippen LogP contribution >= 0.6 is 47.2 Å². The first-order valence-electron chi connectivity index (χ1n) is 11.1. The van der Waals surface area contributed by atoms with Crippen LogP contribution in [0.1, 0.15) is 50.6 Å². The summed E-state index contributed by atoms with van der Waals surface area (Å²) in [5.41, 5.74) is 5.36. The molecule has 2 atom stereocenters. The van der Waals surface area contributed by atoms with E-state index in [1.807, 2.05) is 40.3 Å². The van der Waals surface area contributed by atoms with Crippen LogP contribution in [0.15, 0.2) is 47.6 Å². The van der Waals surface area contributed by atoms with E-state index < -0.39 is 0 Å². The first-order valence-corrected chi connectivity index (χ1v) is 12.3. The molecule has 2 aromatic rings. The zero-order valence-electron chi connectivity index (χ0n) is 18.4. The number of carbonyl (C=O) groups excluding carboxylic acids is 1. The second-order valence-electron chi connectivity index (χ2n) is 8.28. The minimum atomic E-state index is -0.180. The van der Waals surface area contributed by atoms with Crippen molar-refractivity contribution >= 4 is 64.5 Å². The van der Waals surface area contributed by atoms with Crippen LogP contribution in [0.5, 0.6) is 0 Å². The van der Waals surface area contributed by atoms with Gasteiger partial charge in [0, 0.05) is 29.1 Å². The molecule has 0 radical (unpaired) electrons. The van der Waals surface area contributed by atoms with Crippen LogP contribution in [0.4, 0.5) is 5.69 Å². The SMILES string of the molecule is CC[C@H]1C(C(=O)NN2CCCCCC2)=NN(c2ccc(Cl)cc2Cl)[C@@H]1c1ccc(Cl)cc1.Cl. The second kappa shape index (κ2) is 11.8. The van der Waals surface area contributed by atoms with Gasteiger partial charge in [0.2, 0.25) is 0 Å². The van der Waals surface area contributed by atoms with E-state index in [9.17, 15) is 4.79 Å². The largest absolute Gasteiger partial charge is 0.284 e. The van der Waals surface area contributed by atoms with E-state index in [1.54, 1.807) is 12.1 Å². The Balaban J connectivity index is 0.00000306. The summed E-state index contributed by atoms with van der Waals surface area (Å²) in [6.07, 6.45) is 5.33. The molecule has 1 N–H and O–H groups in total. The molecule has 5 nitrogen and oxygen atoms in total. The number of benzene rings is 2. The summed E-state index contributed by atoms with van der Waals surface area (Å²) in [4.78, 5) is 13.4. The maximum atomic E-state index is 13.4. The number of rotatable bonds is 5. The van der Waals surface area contributed by atoms with E-state index in [4.69, 9.17) is 39.9 Å². The molecule has 33 heavy (non-hydrogen) atoms. The van der Waals surface area contributed by atoms with Gasteiger partial charge in [-0.05, 0) is 55.2 Å². The van der Waals surface area contributed by atoms with Crippen LogP contribution in [-0.4, -0.2) is 29.7 Å². The van der Waals surface area contributed by atoms with Gasteiger partial charge in [-0.3, -0.25) is 15.2 Å². The second-order valence-corrected chi connectivity index (χ2v) is 9.56. The maximum Gasteiger partial charge on any atom is 0.282 e. The Morgan fingerprint density at radius 2 is 1.64 bits per heavy atom. The van der Waals surface area contributed by atoms with Crippen LogP contribution in [0, 0.1) is 5.92 Å². The number of halogens is 4. The van der Waals surface area contributed by atoms with Gasteiger partial charge < -0.3 is 0 Å². The lowest BCUT2D eigenvalue weighted by Gasteiger charge is -2.29. The van der Waals surface area contributed by atoms with E-state index in [1.165, 1.54) is 12.8 Å². The third kappa shape index (κ3) is 5.95. The Bertz CT molecular complexity index is 990. The van der Waals surface area contributed by atoms with Crippen molar-refractivity contribution in [3.8, 4) is 0 Å². The number of hydrogen-bond acceptors (Lipinski definition) is 4. The van der Waals surface area contributed by atoms with Crippen LogP contribution < -0.4 is 10.4 Å². The first-order chi connectivity index (χ1) is 15.5. The Kier molecular flexibility index (Phi) is 9.31. The molecule has 178 valence electrons. The summed E-state index contributed by atoms with van der Waals surface area (Å²) in [6, 6.07) is 12.8. The highest BCUT2D eigenvalue weighted by molar-refractivity contribution is 6.41. The smallest absolute Gasteiger partial charge is 0.282 e. The molecule has 2 aliphatic rings. The monoisotopic (exact) mass is 528 g/mol. The predicted molar refractivity (Wildman–Crippen MR) is 140 cm³/mol. The van der Waals surface area contributed by atoms with E-state index >= 15 is 0 Å². The van der Waals surface area contributed by atoms with Gasteiger partial charge in [0.15, 0.2) is 0 Å². The normalized spacial score (nSPS) is 21.2. The van der Waals surface area contributed by atoms with Crippen molar-refractivity contribution in [2.75, 3.05) is 18.1 Å². The van der Waals surface area contributed by atoms with Crippen molar-refractivity contribution in [1.82, 2.24) is 10.4 Å². The summed E-state index contributed by atoms with van der Waals surface area (Å²) in [6.45, 7) is 3.81. The zero-order valence-corrected chi connectivity index (χ0v) is 21.5. The van der Waals surface area contributed by atoms with Gasteiger partial charge in [0.25, 0.3) is 5.91 Å². The third-order valence-corrected chi connectivity index (χ3v) is 6.91. The minimum absolute atomic E-state index is 0.